The van der Waals surface area contributed by atoms with Crippen LogP contribution in [0, 0.1) is 5.82 Å². The van der Waals surface area contributed by atoms with Crippen LogP contribution in [0.15, 0.2) is 24.3 Å². The van der Waals surface area contributed by atoms with E-state index in [1.807, 2.05) is 9.58 Å². The highest BCUT2D eigenvalue weighted by molar-refractivity contribution is 5.94. The van der Waals surface area contributed by atoms with E-state index >= 15 is 0 Å². The maximum absolute atomic E-state index is 13.2. The molecule has 0 spiro atoms. The van der Waals surface area contributed by atoms with E-state index in [2.05, 4.69) is 17.3 Å². The predicted octanol–water partition coefficient (Wildman–Crippen LogP) is 2.36. The topological polar surface area (TPSA) is 50.2 Å². The van der Waals surface area contributed by atoms with Gasteiger partial charge in [-0.1, -0.05) is 0 Å². The van der Waals surface area contributed by atoms with Gasteiger partial charge in [-0.25, -0.2) is 9.07 Å². The molecule has 1 aliphatic heterocycles. The first kappa shape index (κ1) is 17.9. The second-order valence-corrected chi connectivity index (χ2v) is 6.57. The van der Waals surface area contributed by atoms with Gasteiger partial charge in [0.2, 0.25) is 0 Å². The zero-order valence-electron chi connectivity index (χ0n) is 14.2. The highest BCUT2D eigenvalue weighted by atomic mass is 35.5. The number of hydrogen-bond acceptors (Lipinski definition) is 3. The van der Waals surface area contributed by atoms with Crippen LogP contribution in [0.4, 0.5) is 4.39 Å². The van der Waals surface area contributed by atoms with Crippen LogP contribution in [-0.4, -0.2) is 46.3 Å². The number of carbonyl (C=O) groups is 1. The number of hydrogen-bond donors (Lipinski definition) is 1. The Hall–Kier alpha value is -1.92. The van der Waals surface area contributed by atoms with Gasteiger partial charge in [-0.2, -0.15) is 5.10 Å². The summed E-state index contributed by atoms with van der Waals surface area (Å²) in [6.07, 6.45) is 2.83. The second-order valence-electron chi connectivity index (χ2n) is 6.57. The molecule has 2 aromatic rings. The summed E-state index contributed by atoms with van der Waals surface area (Å²) in [7, 11) is 0. The van der Waals surface area contributed by atoms with Crippen LogP contribution >= 0.6 is 12.4 Å². The Balaban J connectivity index is 0.00000182. The molecule has 7 heteroatoms. The molecule has 134 valence electrons. The smallest absolute Gasteiger partial charge is 0.274 e. The fraction of sp³-hybridized carbons (Fsp3) is 0.444. The van der Waals surface area contributed by atoms with Crippen LogP contribution in [0.25, 0.3) is 5.69 Å². The molecule has 0 unspecified atom stereocenters. The van der Waals surface area contributed by atoms with Gasteiger partial charge in [0.1, 0.15) is 5.82 Å². The summed E-state index contributed by atoms with van der Waals surface area (Å²) < 4.78 is 15.0. The lowest BCUT2D eigenvalue weighted by Gasteiger charge is -2.33. The zero-order chi connectivity index (χ0) is 16.7. The minimum absolute atomic E-state index is 0. The molecule has 1 aliphatic carbocycles. The molecule has 25 heavy (non-hydrogen) atoms. The lowest BCUT2D eigenvalue weighted by Crippen LogP contribution is -2.52. The predicted molar refractivity (Wildman–Crippen MR) is 96.2 cm³/mol. The van der Waals surface area contributed by atoms with Crippen LogP contribution < -0.4 is 5.32 Å². The van der Waals surface area contributed by atoms with Crippen molar-refractivity contribution in [3.8, 4) is 5.69 Å². The van der Waals surface area contributed by atoms with Crippen molar-refractivity contribution in [3.63, 3.8) is 0 Å². The van der Waals surface area contributed by atoms with Crippen LogP contribution in [-0.2, 0) is 12.8 Å². The van der Waals surface area contributed by atoms with E-state index in [9.17, 15) is 9.18 Å². The van der Waals surface area contributed by atoms with Crippen molar-refractivity contribution < 1.29 is 9.18 Å². The number of fused-ring (bicyclic) bond motifs is 1. The Morgan fingerprint density at radius 3 is 2.76 bits per heavy atom. The summed E-state index contributed by atoms with van der Waals surface area (Å²) in [5, 5.41) is 7.93. The first-order chi connectivity index (χ1) is 11.6. The Morgan fingerprint density at radius 1 is 1.28 bits per heavy atom. The van der Waals surface area contributed by atoms with E-state index in [1.165, 1.54) is 12.1 Å². The molecule has 1 saturated heterocycles. The lowest BCUT2D eigenvalue weighted by atomic mass is 10.1. The molecule has 1 atom stereocenters. The standard InChI is InChI=1S/C18H21FN4O.ClH/c1-12-11-20-9-10-22(12)18(24)17-15-3-2-4-16(15)23(21-17)14-7-5-13(19)6-8-14;/h5-8,12,20H,2-4,9-11H2,1H3;1H/t12-;/m0./s1. The second kappa shape index (κ2) is 7.14. The molecule has 2 heterocycles. The lowest BCUT2D eigenvalue weighted by molar-refractivity contribution is 0.0648. The van der Waals surface area contributed by atoms with Crippen molar-refractivity contribution in [1.29, 1.82) is 0 Å². The Labute approximate surface area is 152 Å². The number of piperazine rings is 1. The van der Waals surface area contributed by atoms with Gasteiger partial charge in [0.15, 0.2) is 5.69 Å². The third kappa shape index (κ3) is 3.16. The normalized spacial score (nSPS) is 19.4. The minimum Gasteiger partial charge on any atom is -0.332 e. The molecule has 2 aliphatic rings. The molecule has 5 nitrogen and oxygen atoms in total. The first-order valence-electron chi connectivity index (χ1n) is 8.53. The van der Waals surface area contributed by atoms with Gasteiger partial charge in [0, 0.05) is 36.9 Å². The van der Waals surface area contributed by atoms with Crippen molar-refractivity contribution in [1.82, 2.24) is 20.0 Å². The van der Waals surface area contributed by atoms with Gasteiger partial charge in [0.25, 0.3) is 5.91 Å². The van der Waals surface area contributed by atoms with Crippen molar-refractivity contribution in [2.24, 2.45) is 0 Å². The Kier molecular flexibility index (Phi) is 5.11. The molecular formula is C18H22ClFN4O. The van der Waals surface area contributed by atoms with E-state index in [0.29, 0.717) is 12.2 Å². The maximum atomic E-state index is 13.2. The van der Waals surface area contributed by atoms with E-state index in [0.717, 1.165) is 49.3 Å². The highest BCUT2D eigenvalue weighted by Gasteiger charge is 2.32. The number of nitrogens with one attached hydrogen (secondary N) is 1. The SMILES string of the molecule is C[C@H]1CNCCN1C(=O)c1nn(-c2ccc(F)cc2)c2c1CCC2.Cl. The van der Waals surface area contributed by atoms with Crippen LogP contribution in [0.2, 0.25) is 0 Å². The summed E-state index contributed by atoms with van der Waals surface area (Å²) >= 11 is 0. The van der Waals surface area contributed by atoms with Gasteiger partial charge < -0.3 is 10.2 Å². The molecule has 1 aromatic heterocycles. The van der Waals surface area contributed by atoms with Crippen LogP contribution in [0.5, 0.6) is 0 Å². The number of amides is 1. The number of carbonyl (C=O) groups excluding carboxylic acids is 1. The van der Waals surface area contributed by atoms with Crippen molar-refractivity contribution in [3.05, 3.63) is 47.0 Å². The molecule has 1 fully saturated rings. The van der Waals surface area contributed by atoms with Crippen molar-refractivity contribution in [2.75, 3.05) is 19.6 Å². The third-order valence-corrected chi connectivity index (χ3v) is 4.97. The molecule has 4 rings (SSSR count). The quantitative estimate of drug-likeness (QED) is 0.890. The van der Waals surface area contributed by atoms with Gasteiger partial charge >= 0.3 is 0 Å². The van der Waals surface area contributed by atoms with Crippen LogP contribution in [0.3, 0.4) is 0 Å². The Morgan fingerprint density at radius 2 is 2.04 bits per heavy atom. The van der Waals surface area contributed by atoms with Crippen molar-refractivity contribution in [2.45, 2.75) is 32.2 Å². The van der Waals surface area contributed by atoms with E-state index in [1.54, 1.807) is 12.1 Å². The molecule has 1 aromatic carbocycles. The third-order valence-electron chi connectivity index (χ3n) is 4.97. The number of nitrogens with zero attached hydrogens (tertiary/aromatic N) is 3. The van der Waals surface area contributed by atoms with Gasteiger partial charge in [-0.05, 0) is 50.5 Å². The summed E-state index contributed by atoms with van der Waals surface area (Å²) in [6, 6.07) is 6.45. The molecule has 0 radical (unpaired) electrons. The average molecular weight is 365 g/mol. The van der Waals surface area contributed by atoms with E-state index in [-0.39, 0.29) is 30.2 Å². The largest absolute Gasteiger partial charge is 0.332 e. The monoisotopic (exact) mass is 364 g/mol. The number of rotatable bonds is 2. The average Bonchev–Trinajstić information content (AvgIpc) is 3.18. The number of aromatic nitrogens is 2. The summed E-state index contributed by atoms with van der Waals surface area (Å²) in [4.78, 5) is 14.9. The van der Waals surface area contributed by atoms with Gasteiger partial charge in [0.05, 0.1) is 5.69 Å². The maximum Gasteiger partial charge on any atom is 0.274 e. The minimum atomic E-state index is -0.270. The Bertz CT molecular complexity index is 774. The zero-order valence-corrected chi connectivity index (χ0v) is 15.0. The molecule has 1 amide bonds. The fourth-order valence-electron chi connectivity index (χ4n) is 3.68. The van der Waals surface area contributed by atoms with E-state index in [4.69, 9.17) is 0 Å². The molecule has 0 saturated carbocycles. The van der Waals surface area contributed by atoms with Crippen LogP contribution in [0.1, 0.15) is 35.1 Å². The molecule has 1 N–H and O–H groups in total. The summed E-state index contributed by atoms with van der Waals surface area (Å²) in [5.41, 5.74) is 3.53. The molecule has 0 bridgehead atoms. The van der Waals surface area contributed by atoms with E-state index < -0.39 is 0 Å². The number of halogens is 2. The first-order valence-corrected chi connectivity index (χ1v) is 8.53. The number of benzene rings is 1. The highest BCUT2D eigenvalue weighted by Crippen LogP contribution is 2.29. The molecular weight excluding hydrogens is 343 g/mol. The van der Waals surface area contributed by atoms with Gasteiger partial charge in [-0.15, -0.1) is 12.4 Å². The fourth-order valence-corrected chi connectivity index (χ4v) is 3.68. The summed E-state index contributed by atoms with van der Waals surface area (Å²) in [5.74, 6) is -0.253. The summed E-state index contributed by atoms with van der Waals surface area (Å²) in [6.45, 7) is 4.39. The van der Waals surface area contributed by atoms with Gasteiger partial charge in [-0.3, -0.25) is 4.79 Å². The van der Waals surface area contributed by atoms with Crippen molar-refractivity contribution >= 4 is 18.3 Å².